The van der Waals surface area contributed by atoms with Gasteiger partial charge >= 0.3 is 0 Å². The molecule has 24 heavy (non-hydrogen) atoms. The molecule has 0 saturated heterocycles. The lowest BCUT2D eigenvalue weighted by Gasteiger charge is -2.09. The Morgan fingerprint density at radius 3 is 2.50 bits per heavy atom. The van der Waals surface area contributed by atoms with Crippen molar-refractivity contribution in [1.29, 1.82) is 0 Å². The molecule has 1 heterocycles. The van der Waals surface area contributed by atoms with Gasteiger partial charge in [-0.1, -0.05) is 66.7 Å². The molecule has 0 spiro atoms. The lowest BCUT2D eigenvalue weighted by molar-refractivity contribution is 1.30. The summed E-state index contributed by atoms with van der Waals surface area (Å²) in [4.78, 5) is 4.37. The van der Waals surface area contributed by atoms with Crippen LogP contribution in [0.15, 0.2) is 85.3 Å². The monoisotopic (exact) mass is 329 g/mol. The van der Waals surface area contributed by atoms with Gasteiger partial charge in [-0.15, -0.1) is 0 Å². The van der Waals surface area contributed by atoms with Gasteiger partial charge in [0.1, 0.15) is 11.3 Å². The van der Waals surface area contributed by atoms with E-state index in [1.54, 1.807) is 6.33 Å². The number of fused-ring (bicyclic) bond motifs is 1. The number of aromatic nitrogens is 2. The number of hydrogen-bond acceptors (Lipinski definition) is 4. The molecule has 0 aliphatic rings. The Morgan fingerprint density at radius 2 is 1.67 bits per heavy atom. The predicted molar refractivity (Wildman–Crippen MR) is 101 cm³/mol. The van der Waals surface area contributed by atoms with E-state index < -0.39 is 0 Å². The van der Waals surface area contributed by atoms with Gasteiger partial charge in [0.25, 0.3) is 0 Å². The van der Waals surface area contributed by atoms with E-state index in [-0.39, 0.29) is 0 Å². The van der Waals surface area contributed by atoms with Crippen molar-refractivity contribution in [3.63, 3.8) is 0 Å². The third-order valence-electron chi connectivity index (χ3n) is 3.84. The van der Waals surface area contributed by atoms with E-state index in [0.29, 0.717) is 0 Å². The van der Waals surface area contributed by atoms with E-state index in [0.717, 1.165) is 21.8 Å². The van der Waals surface area contributed by atoms with Gasteiger partial charge in [0, 0.05) is 22.8 Å². The van der Waals surface area contributed by atoms with Crippen LogP contribution < -0.4 is 5.32 Å². The van der Waals surface area contributed by atoms with Crippen molar-refractivity contribution in [2.45, 2.75) is 0 Å². The predicted octanol–water partition coefficient (Wildman–Crippen LogP) is 5.19. The van der Waals surface area contributed by atoms with Gasteiger partial charge < -0.3 is 5.32 Å². The van der Waals surface area contributed by atoms with Crippen molar-refractivity contribution >= 4 is 33.6 Å². The van der Waals surface area contributed by atoms with E-state index >= 15 is 0 Å². The number of benzene rings is 3. The highest BCUT2D eigenvalue weighted by molar-refractivity contribution is 7.06. The van der Waals surface area contributed by atoms with Gasteiger partial charge in [0.2, 0.25) is 0 Å². The molecule has 0 aliphatic carbocycles. The number of anilines is 1. The molecular weight excluding hydrogens is 314 g/mol. The van der Waals surface area contributed by atoms with Gasteiger partial charge in [0.15, 0.2) is 0 Å². The number of nitrogens with zero attached hydrogens (tertiary/aromatic N) is 2. The zero-order chi connectivity index (χ0) is 16.2. The highest BCUT2D eigenvalue weighted by Gasteiger charge is 2.08. The molecule has 4 heteroatoms. The molecule has 0 unspecified atom stereocenters. The second-order valence-corrected chi connectivity index (χ2v) is 6.12. The number of hydrogen-bond donors (Lipinski definition) is 1. The minimum atomic E-state index is 0.897. The molecule has 4 aromatic rings. The zero-order valence-corrected chi connectivity index (χ0v) is 13.7. The van der Waals surface area contributed by atoms with Crippen molar-refractivity contribution in [3.05, 3.63) is 95.9 Å². The van der Waals surface area contributed by atoms with Crippen molar-refractivity contribution in [2.24, 2.45) is 0 Å². The third kappa shape index (κ3) is 2.92. The van der Waals surface area contributed by atoms with Crippen molar-refractivity contribution < 1.29 is 0 Å². The molecule has 0 amide bonds. The molecule has 1 aromatic heterocycles. The van der Waals surface area contributed by atoms with Crippen LogP contribution in [0.1, 0.15) is 10.6 Å². The van der Waals surface area contributed by atoms with Crippen LogP contribution in [-0.2, 0) is 0 Å². The van der Waals surface area contributed by atoms with Crippen LogP contribution in [0.25, 0.3) is 16.3 Å². The summed E-state index contributed by atoms with van der Waals surface area (Å²) in [6.45, 7) is 0. The first-order valence-corrected chi connectivity index (χ1v) is 8.46. The molecule has 3 nitrogen and oxygen atoms in total. The van der Waals surface area contributed by atoms with Gasteiger partial charge in [-0.3, -0.25) is 0 Å². The summed E-state index contributed by atoms with van der Waals surface area (Å²) in [6, 6.07) is 24.9. The van der Waals surface area contributed by atoms with E-state index in [2.05, 4.69) is 69.3 Å². The van der Waals surface area contributed by atoms with E-state index in [1.165, 1.54) is 22.3 Å². The molecule has 1 N–H and O–H groups in total. The first kappa shape index (κ1) is 14.6. The van der Waals surface area contributed by atoms with Crippen molar-refractivity contribution in [3.8, 4) is 0 Å². The Morgan fingerprint density at radius 1 is 0.875 bits per heavy atom. The summed E-state index contributed by atoms with van der Waals surface area (Å²) >= 11 is 1.40. The van der Waals surface area contributed by atoms with Crippen LogP contribution in [0.5, 0.6) is 0 Å². The highest BCUT2D eigenvalue weighted by Crippen LogP contribution is 2.27. The van der Waals surface area contributed by atoms with Crippen molar-refractivity contribution in [1.82, 2.24) is 9.36 Å². The molecule has 0 radical (unpaired) electrons. The summed E-state index contributed by atoms with van der Waals surface area (Å²) in [6.07, 6.45) is 3.60. The number of rotatable bonds is 4. The highest BCUT2D eigenvalue weighted by atomic mass is 32.1. The molecule has 116 valence electrons. The molecule has 3 aromatic carbocycles. The van der Waals surface area contributed by atoms with E-state index in [1.807, 2.05) is 24.4 Å². The lowest BCUT2D eigenvalue weighted by Crippen LogP contribution is -1.94. The van der Waals surface area contributed by atoms with Crippen LogP contribution in [0.2, 0.25) is 0 Å². The summed E-state index contributed by atoms with van der Waals surface area (Å²) in [5, 5.41) is 6.76. The maximum absolute atomic E-state index is 4.37. The Hall–Kier alpha value is -2.98. The summed E-state index contributed by atoms with van der Waals surface area (Å²) < 4.78 is 4.14. The summed E-state index contributed by atoms with van der Waals surface area (Å²) in [5.74, 6) is 0. The molecular formula is C20H15N3S. The molecule has 0 aliphatic heterocycles. The summed E-state index contributed by atoms with van der Waals surface area (Å²) in [5.41, 5.74) is 3.22. The maximum Gasteiger partial charge on any atom is 0.145 e. The Kier molecular flexibility index (Phi) is 4.04. The SMILES string of the molecule is C(/Nc1cccc2ccccc12)=C(/c1ccccc1)c1ncns1. The van der Waals surface area contributed by atoms with Gasteiger partial charge in [-0.05, 0) is 28.5 Å². The molecule has 4 rings (SSSR count). The van der Waals surface area contributed by atoms with Gasteiger partial charge in [0.05, 0.1) is 0 Å². The minimum Gasteiger partial charge on any atom is -0.360 e. The zero-order valence-electron chi connectivity index (χ0n) is 12.9. The van der Waals surface area contributed by atoms with Crippen LogP contribution >= 0.6 is 11.5 Å². The molecule has 0 fully saturated rings. The van der Waals surface area contributed by atoms with Gasteiger partial charge in [-0.25, -0.2) is 4.98 Å². The van der Waals surface area contributed by atoms with E-state index in [9.17, 15) is 0 Å². The Labute approximate surface area is 144 Å². The maximum atomic E-state index is 4.37. The normalized spacial score (nSPS) is 11.6. The lowest BCUT2D eigenvalue weighted by atomic mass is 10.1. The smallest absolute Gasteiger partial charge is 0.145 e. The largest absolute Gasteiger partial charge is 0.360 e. The average Bonchev–Trinajstić information content (AvgIpc) is 3.17. The molecule has 0 bridgehead atoms. The topological polar surface area (TPSA) is 37.8 Å². The first-order valence-electron chi connectivity index (χ1n) is 7.69. The first-order chi connectivity index (χ1) is 11.9. The van der Waals surface area contributed by atoms with Crippen LogP contribution in [-0.4, -0.2) is 9.36 Å². The minimum absolute atomic E-state index is 0.897. The van der Waals surface area contributed by atoms with Crippen molar-refractivity contribution in [2.75, 3.05) is 5.32 Å². The summed E-state index contributed by atoms with van der Waals surface area (Å²) in [7, 11) is 0. The van der Waals surface area contributed by atoms with Crippen LogP contribution in [0, 0.1) is 0 Å². The fourth-order valence-electron chi connectivity index (χ4n) is 2.68. The van der Waals surface area contributed by atoms with Crippen LogP contribution in [0.4, 0.5) is 5.69 Å². The third-order valence-corrected chi connectivity index (χ3v) is 4.54. The second kappa shape index (κ2) is 6.64. The fraction of sp³-hybridized carbons (Fsp3) is 0. The molecule has 0 saturated carbocycles. The Balaban J connectivity index is 1.76. The second-order valence-electron chi connectivity index (χ2n) is 5.34. The van der Waals surface area contributed by atoms with Gasteiger partial charge in [-0.2, -0.15) is 4.37 Å². The Bertz CT molecular complexity index is 971. The standard InChI is InChI=1S/C20H15N3S/c1-2-7-16(8-3-1)18(20-22-14-23-24-20)13-21-19-12-6-10-15-9-4-5-11-17(15)19/h1-14,21H/b18-13+. The quantitative estimate of drug-likeness (QED) is 0.560. The number of nitrogens with one attached hydrogen (secondary N) is 1. The van der Waals surface area contributed by atoms with E-state index in [4.69, 9.17) is 0 Å². The molecule has 0 atom stereocenters. The fourth-order valence-corrected chi connectivity index (χ4v) is 3.24. The van der Waals surface area contributed by atoms with Crippen LogP contribution in [0.3, 0.4) is 0 Å². The average molecular weight is 329 g/mol.